The first-order chi connectivity index (χ1) is 7.00. The summed E-state index contributed by atoms with van der Waals surface area (Å²) in [5, 5.41) is 10.1. The maximum atomic E-state index is 12.0. The van der Waals surface area contributed by atoms with E-state index < -0.39 is 13.0 Å². The zero-order valence-corrected chi connectivity index (χ0v) is 8.35. The largest absolute Gasteiger partial charge is 0.399 e. The van der Waals surface area contributed by atoms with Crippen LogP contribution in [0.1, 0.15) is 12.5 Å². The Morgan fingerprint density at radius 1 is 1.53 bits per heavy atom. The van der Waals surface area contributed by atoms with Crippen molar-refractivity contribution in [3.63, 3.8) is 0 Å². The van der Waals surface area contributed by atoms with E-state index in [1.807, 2.05) is 0 Å². The molecule has 0 saturated carbocycles. The maximum Gasteiger partial charge on any atom is 0.255 e. The van der Waals surface area contributed by atoms with Crippen molar-refractivity contribution in [2.75, 3.05) is 17.6 Å². The summed E-state index contributed by atoms with van der Waals surface area (Å²) >= 11 is 0. The van der Waals surface area contributed by atoms with Crippen molar-refractivity contribution in [3.8, 4) is 0 Å². The molecule has 1 aromatic carbocycles. The third kappa shape index (κ3) is 3.19. The third-order valence-corrected chi connectivity index (χ3v) is 1.89. The van der Waals surface area contributed by atoms with Gasteiger partial charge in [-0.25, -0.2) is 8.78 Å². The third-order valence-electron chi connectivity index (χ3n) is 1.89. The monoisotopic (exact) mass is 213 g/mol. The van der Waals surface area contributed by atoms with E-state index in [2.05, 4.69) is 5.32 Å². The highest BCUT2D eigenvalue weighted by atomic mass is 19.3. The van der Waals surface area contributed by atoms with E-state index in [4.69, 9.17) is 11.1 Å². The molecule has 0 aliphatic carbocycles. The number of hydrogen-bond acceptors (Lipinski definition) is 3. The SMILES string of the molecule is CC(=N)c1cc(N)ccc1NCC(F)F. The molecule has 82 valence electrons. The topological polar surface area (TPSA) is 61.9 Å². The van der Waals surface area contributed by atoms with Crippen LogP contribution in [0.5, 0.6) is 0 Å². The molecule has 3 nitrogen and oxygen atoms in total. The lowest BCUT2D eigenvalue weighted by atomic mass is 10.1. The van der Waals surface area contributed by atoms with E-state index in [-0.39, 0.29) is 0 Å². The van der Waals surface area contributed by atoms with Gasteiger partial charge in [0.2, 0.25) is 0 Å². The predicted octanol–water partition coefficient (Wildman–Crippen LogP) is 2.33. The molecule has 1 rings (SSSR count). The van der Waals surface area contributed by atoms with E-state index in [1.54, 1.807) is 25.1 Å². The lowest BCUT2D eigenvalue weighted by Gasteiger charge is -2.11. The van der Waals surface area contributed by atoms with E-state index in [0.717, 1.165) is 0 Å². The number of nitrogens with two attached hydrogens (primary N) is 1. The number of halogens is 2. The maximum absolute atomic E-state index is 12.0. The van der Waals surface area contributed by atoms with Gasteiger partial charge in [-0.2, -0.15) is 0 Å². The highest BCUT2D eigenvalue weighted by Gasteiger charge is 2.07. The van der Waals surface area contributed by atoms with Gasteiger partial charge in [0.05, 0.1) is 6.54 Å². The molecular formula is C10H13F2N3. The van der Waals surface area contributed by atoms with Crippen LogP contribution in [0.3, 0.4) is 0 Å². The van der Waals surface area contributed by atoms with Crippen LogP contribution in [-0.2, 0) is 0 Å². The van der Waals surface area contributed by atoms with Crippen LogP contribution in [-0.4, -0.2) is 18.7 Å². The quantitative estimate of drug-likeness (QED) is 0.531. The highest BCUT2D eigenvalue weighted by Crippen LogP contribution is 2.19. The predicted molar refractivity (Wildman–Crippen MR) is 57.9 cm³/mol. The van der Waals surface area contributed by atoms with Crippen molar-refractivity contribution < 1.29 is 8.78 Å². The number of nitrogens with one attached hydrogen (secondary N) is 2. The van der Waals surface area contributed by atoms with E-state index >= 15 is 0 Å². The van der Waals surface area contributed by atoms with Crippen molar-refractivity contribution in [1.82, 2.24) is 0 Å². The van der Waals surface area contributed by atoms with E-state index in [9.17, 15) is 8.78 Å². The highest BCUT2D eigenvalue weighted by molar-refractivity contribution is 6.02. The van der Waals surface area contributed by atoms with Gasteiger partial charge >= 0.3 is 0 Å². The Morgan fingerprint density at radius 2 is 2.20 bits per heavy atom. The molecule has 0 unspecified atom stereocenters. The standard InChI is InChI=1S/C10H13F2N3/c1-6(13)8-4-7(14)2-3-9(8)15-5-10(11)12/h2-4,10,13,15H,5,14H2,1H3. The van der Waals surface area contributed by atoms with Crippen molar-refractivity contribution in [1.29, 1.82) is 5.41 Å². The van der Waals surface area contributed by atoms with Gasteiger partial charge < -0.3 is 16.5 Å². The molecule has 15 heavy (non-hydrogen) atoms. The number of hydrogen-bond donors (Lipinski definition) is 3. The van der Waals surface area contributed by atoms with Gasteiger partial charge in [-0.05, 0) is 25.1 Å². The van der Waals surface area contributed by atoms with Gasteiger partial charge in [0.15, 0.2) is 0 Å². The summed E-state index contributed by atoms with van der Waals surface area (Å²) in [7, 11) is 0. The minimum Gasteiger partial charge on any atom is -0.399 e. The zero-order valence-electron chi connectivity index (χ0n) is 8.35. The summed E-state index contributed by atoms with van der Waals surface area (Å²) in [6, 6.07) is 4.81. The fourth-order valence-electron chi connectivity index (χ4n) is 1.21. The molecule has 0 spiro atoms. The summed E-state index contributed by atoms with van der Waals surface area (Å²) in [6.45, 7) is 1.16. The van der Waals surface area contributed by atoms with E-state index in [0.29, 0.717) is 22.6 Å². The Balaban J connectivity index is 2.91. The van der Waals surface area contributed by atoms with Gasteiger partial charge in [-0.1, -0.05) is 0 Å². The van der Waals surface area contributed by atoms with Crippen LogP contribution in [0, 0.1) is 5.41 Å². The van der Waals surface area contributed by atoms with Gasteiger partial charge in [0, 0.05) is 22.6 Å². The summed E-state index contributed by atoms with van der Waals surface area (Å²) < 4.78 is 24.0. The Hall–Kier alpha value is -1.65. The molecule has 0 radical (unpaired) electrons. The lowest BCUT2D eigenvalue weighted by Crippen LogP contribution is -2.12. The molecule has 0 saturated heterocycles. The van der Waals surface area contributed by atoms with Crippen molar-refractivity contribution in [2.24, 2.45) is 0 Å². The van der Waals surface area contributed by atoms with Gasteiger partial charge in [-0.15, -0.1) is 0 Å². The molecule has 1 aromatic rings. The van der Waals surface area contributed by atoms with Gasteiger partial charge in [0.1, 0.15) is 0 Å². The second-order valence-electron chi connectivity index (χ2n) is 3.20. The first kappa shape index (κ1) is 11.4. The Morgan fingerprint density at radius 3 is 2.73 bits per heavy atom. The van der Waals surface area contributed by atoms with Crippen LogP contribution < -0.4 is 11.1 Å². The van der Waals surface area contributed by atoms with Gasteiger partial charge in [0.25, 0.3) is 6.43 Å². The average Bonchev–Trinajstić information content (AvgIpc) is 2.15. The Labute approximate surface area is 86.8 Å². The van der Waals surface area contributed by atoms with Crippen LogP contribution in [0.4, 0.5) is 20.2 Å². The van der Waals surface area contributed by atoms with Crippen LogP contribution in [0.25, 0.3) is 0 Å². The molecule has 0 atom stereocenters. The fourth-order valence-corrected chi connectivity index (χ4v) is 1.21. The second-order valence-corrected chi connectivity index (χ2v) is 3.20. The van der Waals surface area contributed by atoms with Gasteiger partial charge in [-0.3, -0.25) is 0 Å². The number of anilines is 2. The fraction of sp³-hybridized carbons (Fsp3) is 0.300. The first-order valence-electron chi connectivity index (χ1n) is 4.47. The zero-order chi connectivity index (χ0) is 11.4. The number of rotatable bonds is 4. The molecule has 0 fully saturated rings. The van der Waals surface area contributed by atoms with E-state index in [1.165, 1.54) is 0 Å². The first-order valence-corrected chi connectivity index (χ1v) is 4.47. The molecule has 0 amide bonds. The molecule has 0 heterocycles. The molecule has 5 heteroatoms. The Kier molecular flexibility index (Phi) is 3.60. The number of alkyl halides is 2. The lowest BCUT2D eigenvalue weighted by molar-refractivity contribution is 0.163. The summed E-state index contributed by atoms with van der Waals surface area (Å²) in [4.78, 5) is 0. The van der Waals surface area contributed by atoms with Crippen LogP contribution in [0.2, 0.25) is 0 Å². The van der Waals surface area contributed by atoms with Crippen molar-refractivity contribution in [2.45, 2.75) is 13.3 Å². The Bertz CT molecular complexity index is 364. The number of benzene rings is 1. The van der Waals surface area contributed by atoms with Crippen molar-refractivity contribution >= 4 is 17.1 Å². The number of nitrogen functional groups attached to an aromatic ring is 1. The summed E-state index contributed by atoms with van der Waals surface area (Å²) in [6.07, 6.45) is -2.42. The van der Waals surface area contributed by atoms with Crippen LogP contribution in [0.15, 0.2) is 18.2 Å². The molecule has 0 bridgehead atoms. The molecule has 0 aromatic heterocycles. The molecule has 0 aliphatic heterocycles. The minimum absolute atomic E-state index is 0.291. The summed E-state index contributed by atoms with van der Waals surface area (Å²) in [5.41, 5.74) is 7.42. The van der Waals surface area contributed by atoms with Crippen molar-refractivity contribution in [3.05, 3.63) is 23.8 Å². The second kappa shape index (κ2) is 4.72. The molecule has 0 aliphatic rings. The van der Waals surface area contributed by atoms with Crippen LogP contribution >= 0.6 is 0 Å². The smallest absolute Gasteiger partial charge is 0.255 e. The minimum atomic E-state index is -2.42. The average molecular weight is 213 g/mol. The molecule has 4 N–H and O–H groups in total. The molecular weight excluding hydrogens is 200 g/mol. The summed E-state index contributed by atoms with van der Waals surface area (Å²) in [5.74, 6) is 0. The normalized spacial score (nSPS) is 10.4.